The van der Waals surface area contributed by atoms with Crippen LogP contribution in [-0.2, 0) is 16.1 Å². The minimum Gasteiger partial charge on any atom is -0.478 e. The van der Waals surface area contributed by atoms with Gasteiger partial charge in [-0.2, -0.15) is 0 Å². The fraction of sp³-hybridized carbons (Fsp3) is 0.214. The summed E-state index contributed by atoms with van der Waals surface area (Å²) in [5.41, 5.74) is 4.01. The summed E-state index contributed by atoms with van der Waals surface area (Å²) in [5, 5.41) is 12.6. The molecule has 3 aromatic rings. The molecule has 0 spiro atoms. The lowest BCUT2D eigenvalue weighted by atomic mass is 9.90. The largest absolute Gasteiger partial charge is 0.478 e. The number of nitrogens with one attached hydrogen (secondary N) is 1. The summed E-state index contributed by atoms with van der Waals surface area (Å²) >= 11 is 0. The molecule has 2 N–H and O–H groups in total. The second kappa shape index (κ2) is 10.5. The number of nitrogens with zero attached hydrogens (tertiary/aromatic N) is 2. The Hall–Kier alpha value is -4.30. The highest BCUT2D eigenvalue weighted by atomic mass is 16.5. The van der Waals surface area contributed by atoms with Gasteiger partial charge in [-0.3, -0.25) is 9.79 Å². The molecule has 0 fully saturated rings. The normalized spacial score (nSPS) is 14.9. The number of anilines is 1. The van der Waals surface area contributed by atoms with E-state index in [-0.39, 0.29) is 18.1 Å². The van der Waals surface area contributed by atoms with Crippen LogP contribution in [0.2, 0.25) is 0 Å². The van der Waals surface area contributed by atoms with Crippen LogP contribution < -0.4 is 5.32 Å². The third kappa shape index (κ3) is 5.18. The van der Waals surface area contributed by atoms with Gasteiger partial charge in [0.05, 0.1) is 29.1 Å². The summed E-state index contributed by atoms with van der Waals surface area (Å²) in [6, 6.07) is 19.3. The maximum Gasteiger partial charge on any atom is 0.338 e. The number of aromatic carboxylic acids is 1. The number of rotatable bonds is 8. The number of fused-ring (bicyclic) bond motifs is 1. The summed E-state index contributed by atoms with van der Waals surface area (Å²) in [6.07, 6.45) is 0. The first-order valence-electron chi connectivity index (χ1n) is 11.6. The van der Waals surface area contributed by atoms with Crippen LogP contribution in [0.5, 0.6) is 0 Å². The van der Waals surface area contributed by atoms with Crippen molar-refractivity contribution in [1.82, 2.24) is 4.90 Å². The third-order valence-electron chi connectivity index (χ3n) is 5.80. The van der Waals surface area contributed by atoms with Crippen LogP contribution in [0, 0.1) is 0 Å². The number of amides is 1. The second-order valence-electron chi connectivity index (χ2n) is 8.69. The van der Waals surface area contributed by atoms with Crippen molar-refractivity contribution >= 4 is 34.9 Å². The molecule has 36 heavy (non-hydrogen) atoms. The number of carboxylic acids is 1. The minimum atomic E-state index is -1.04. The topological polar surface area (TPSA) is 108 Å². The molecule has 0 saturated carbocycles. The number of hydrogen-bond donors (Lipinski definition) is 2. The van der Waals surface area contributed by atoms with E-state index >= 15 is 0 Å². The SMILES string of the molecule is CCOC(=O)c1ccc2c(c1)NC(=O)C2C(=Nc1ccc(CN(C)C)c(C(=O)O)c1)c1ccccc1. The molecule has 1 aliphatic rings. The zero-order valence-electron chi connectivity index (χ0n) is 20.3. The number of ether oxygens (including phenoxy) is 1. The van der Waals surface area contributed by atoms with E-state index in [1.807, 2.05) is 49.3 Å². The van der Waals surface area contributed by atoms with Gasteiger partial charge < -0.3 is 20.1 Å². The molecule has 8 nitrogen and oxygen atoms in total. The summed E-state index contributed by atoms with van der Waals surface area (Å²) in [5.74, 6) is -2.53. The molecule has 0 aliphatic carbocycles. The molecule has 1 unspecified atom stereocenters. The van der Waals surface area contributed by atoms with Gasteiger partial charge >= 0.3 is 11.9 Å². The Morgan fingerprint density at radius 3 is 2.44 bits per heavy atom. The van der Waals surface area contributed by atoms with Gasteiger partial charge in [-0.25, -0.2) is 9.59 Å². The van der Waals surface area contributed by atoms with Gasteiger partial charge in [-0.15, -0.1) is 0 Å². The quantitative estimate of drug-likeness (QED) is 0.360. The zero-order valence-corrected chi connectivity index (χ0v) is 20.3. The number of esters is 1. The van der Waals surface area contributed by atoms with Crippen LogP contribution in [0.25, 0.3) is 0 Å². The maximum atomic E-state index is 13.2. The van der Waals surface area contributed by atoms with Crippen molar-refractivity contribution in [2.45, 2.75) is 19.4 Å². The summed E-state index contributed by atoms with van der Waals surface area (Å²) in [6.45, 7) is 2.45. The Bertz CT molecular complexity index is 1350. The zero-order chi connectivity index (χ0) is 25.8. The van der Waals surface area contributed by atoms with E-state index in [2.05, 4.69) is 5.32 Å². The molecule has 1 heterocycles. The van der Waals surface area contributed by atoms with Crippen LogP contribution in [0.3, 0.4) is 0 Å². The standard InChI is InChI=1S/C28H27N3O5/c1-4-36-28(35)18-11-13-21-23(14-18)30-26(32)24(21)25(17-8-6-5-7-9-17)29-20-12-10-19(16-31(2)3)22(15-20)27(33)34/h5-15,24H,4,16H2,1-3H3,(H,30,32)(H,33,34). The molecular weight excluding hydrogens is 458 g/mol. The number of aliphatic imine (C=N–C) groups is 1. The first-order valence-corrected chi connectivity index (χ1v) is 11.6. The molecule has 184 valence electrons. The smallest absolute Gasteiger partial charge is 0.338 e. The van der Waals surface area contributed by atoms with E-state index in [9.17, 15) is 19.5 Å². The summed E-state index contributed by atoms with van der Waals surface area (Å²) < 4.78 is 5.07. The molecule has 0 aromatic heterocycles. The van der Waals surface area contributed by atoms with Gasteiger partial charge in [0.2, 0.25) is 5.91 Å². The second-order valence-corrected chi connectivity index (χ2v) is 8.69. The highest BCUT2D eigenvalue weighted by Gasteiger charge is 2.36. The van der Waals surface area contributed by atoms with E-state index in [0.717, 1.165) is 5.56 Å². The first kappa shape index (κ1) is 24.8. The fourth-order valence-corrected chi connectivity index (χ4v) is 4.23. The molecule has 1 aliphatic heterocycles. The molecule has 3 aromatic carbocycles. The lowest BCUT2D eigenvalue weighted by Crippen LogP contribution is -2.22. The lowest BCUT2D eigenvalue weighted by Gasteiger charge is -2.15. The summed E-state index contributed by atoms with van der Waals surface area (Å²) in [4.78, 5) is 44.0. The number of benzene rings is 3. The maximum absolute atomic E-state index is 13.2. The van der Waals surface area contributed by atoms with Crippen LogP contribution in [0.15, 0.2) is 71.7 Å². The van der Waals surface area contributed by atoms with Crippen LogP contribution in [-0.4, -0.2) is 54.3 Å². The van der Waals surface area contributed by atoms with Crippen molar-refractivity contribution in [3.05, 3.63) is 94.5 Å². The number of carbonyl (C=O) groups is 3. The highest BCUT2D eigenvalue weighted by molar-refractivity contribution is 6.24. The molecule has 0 bridgehead atoms. The highest BCUT2D eigenvalue weighted by Crippen LogP contribution is 2.37. The number of carboxylic acid groups (broad SMARTS) is 1. The van der Waals surface area contributed by atoms with Crippen LogP contribution in [0.1, 0.15) is 50.2 Å². The summed E-state index contributed by atoms with van der Waals surface area (Å²) in [7, 11) is 3.74. The van der Waals surface area contributed by atoms with E-state index in [0.29, 0.717) is 40.3 Å². The molecule has 0 radical (unpaired) electrons. The molecule has 4 rings (SSSR count). The van der Waals surface area contributed by atoms with Crippen molar-refractivity contribution in [2.75, 3.05) is 26.0 Å². The minimum absolute atomic E-state index is 0.160. The Labute approximate surface area is 209 Å². The molecule has 1 amide bonds. The Morgan fingerprint density at radius 2 is 1.78 bits per heavy atom. The monoisotopic (exact) mass is 485 g/mol. The van der Waals surface area contributed by atoms with E-state index in [4.69, 9.17) is 9.73 Å². The molecular formula is C28H27N3O5. The van der Waals surface area contributed by atoms with Gasteiger partial charge in [0.25, 0.3) is 0 Å². The molecule has 8 heteroatoms. The van der Waals surface area contributed by atoms with Gasteiger partial charge in [0, 0.05) is 12.2 Å². The van der Waals surface area contributed by atoms with Gasteiger partial charge in [0.1, 0.15) is 5.92 Å². The van der Waals surface area contributed by atoms with Crippen molar-refractivity contribution in [2.24, 2.45) is 4.99 Å². The Kier molecular flexibility index (Phi) is 7.26. The van der Waals surface area contributed by atoms with Crippen LogP contribution in [0.4, 0.5) is 11.4 Å². The van der Waals surface area contributed by atoms with Crippen molar-refractivity contribution < 1.29 is 24.2 Å². The van der Waals surface area contributed by atoms with Gasteiger partial charge in [0.15, 0.2) is 0 Å². The molecule has 0 saturated heterocycles. The van der Waals surface area contributed by atoms with Crippen LogP contribution >= 0.6 is 0 Å². The van der Waals surface area contributed by atoms with E-state index in [1.165, 1.54) is 6.07 Å². The molecule has 1 atom stereocenters. The van der Waals surface area contributed by atoms with Crippen molar-refractivity contribution in [3.8, 4) is 0 Å². The predicted molar refractivity (Wildman–Crippen MR) is 137 cm³/mol. The Morgan fingerprint density at radius 1 is 1.03 bits per heavy atom. The van der Waals surface area contributed by atoms with Crippen molar-refractivity contribution in [3.63, 3.8) is 0 Å². The fourth-order valence-electron chi connectivity index (χ4n) is 4.23. The average molecular weight is 486 g/mol. The predicted octanol–water partition coefficient (Wildman–Crippen LogP) is 4.48. The number of carbonyl (C=O) groups excluding carboxylic acids is 2. The Balaban J connectivity index is 1.82. The van der Waals surface area contributed by atoms with E-state index < -0.39 is 17.9 Å². The third-order valence-corrected chi connectivity index (χ3v) is 5.80. The first-order chi connectivity index (χ1) is 17.3. The van der Waals surface area contributed by atoms with Gasteiger partial charge in [-0.05, 0) is 62.0 Å². The lowest BCUT2D eigenvalue weighted by molar-refractivity contribution is -0.115. The average Bonchev–Trinajstić information content (AvgIpc) is 3.18. The van der Waals surface area contributed by atoms with E-state index in [1.54, 1.807) is 37.3 Å². The van der Waals surface area contributed by atoms with Crippen molar-refractivity contribution in [1.29, 1.82) is 0 Å². The van der Waals surface area contributed by atoms with Gasteiger partial charge in [-0.1, -0.05) is 42.5 Å². The number of hydrogen-bond acceptors (Lipinski definition) is 6.